The molecule has 3 aliphatic rings. The zero-order chi connectivity index (χ0) is 33.2. The lowest BCUT2D eigenvalue weighted by Crippen LogP contribution is -2.46. The van der Waals surface area contributed by atoms with Crippen molar-refractivity contribution >= 4 is 17.4 Å². The van der Waals surface area contributed by atoms with Crippen molar-refractivity contribution in [3.63, 3.8) is 0 Å². The van der Waals surface area contributed by atoms with Crippen molar-refractivity contribution in [2.24, 2.45) is 5.41 Å². The first-order valence-electron chi connectivity index (χ1n) is 17.4. The predicted molar refractivity (Wildman–Crippen MR) is 189 cm³/mol. The van der Waals surface area contributed by atoms with E-state index in [9.17, 15) is 9.90 Å². The Labute approximate surface area is 284 Å². The maximum Gasteiger partial charge on any atom is 0.410 e. The summed E-state index contributed by atoms with van der Waals surface area (Å²) in [4.78, 5) is 25.7. The molecule has 0 bridgehead atoms. The molecule has 0 unspecified atom stereocenters. The van der Waals surface area contributed by atoms with E-state index in [-0.39, 0.29) is 12.7 Å². The molecule has 8 nitrogen and oxygen atoms in total. The van der Waals surface area contributed by atoms with Gasteiger partial charge in [0, 0.05) is 62.7 Å². The molecule has 3 aliphatic heterocycles. The molecule has 3 aromatic rings. The summed E-state index contributed by atoms with van der Waals surface area (Å²) < 4.78 is 12.0. The van der Waals surface area contributed by atoms with Gasteiger partial charge in [-0.2, -0.15) is 0 Å². The Bertz CT molecular complexity index is 1560. The van der Waals surface area contributed by atoms with E-state index < -0.39 is 5.60 Å². The standard InChI is InChI=1S/C38H52N4O4S/c1-27-29(9-6-11-31(27)35-39-32-13-18-40(22-23-43)25-34(32)47-35)30-10-7-12-33(28(30)2)45-24-8-17-41-19-14-38(26-41)15-20-42(21-16-38)36(44)46-37(3,4)5/h6-7,9-12,43H,8,13-26H2,1-5H3. The minimum absolute atomic E-state index is 0.175. The Kier molecular flexibility index (Phi) is 10.3. The van der Waals surface area contributed by atoms with Crippen molar-refractivity contribution in [1.29, 1.82) is 0 Å². The quantitative estimate of drug-likeness (QED) is 0.249. The molecule has 0 radical (unpaired) electrons. The highest BCUT2D eigenvalue weighted by molar-refractivity contribution is 7.15. The van der Waals surface area contributed by atoms with Gasteiger partial charge in [-0.1, -0.05) is 30.3 Å². The summed E-state index contributed by atoms with van der Waals surface area (Å²) in [6, 6.07) is 12.9. The van der Waals surface area contributed by atoms with Crippen LogP contribution in [0.15, 0.2) is 36.4 Å². The van der Waals surface area contributed by atoms with Gasteiger partial charge in [-0.15, -0.1) is 11.3 Å². The van der Waals surface area contributed by atoms with Crippen LogP contribution in [0.2, 0.25) is 0 Å². The summed E-state index contributed by atoms with van der Waals surface area (Å²) >= 11 is 1.79. The van der Waals surface area contributed by atoms with Gasteiger partial charge < -0.3 is 24.4 Å². The zero-order valence-electron chi connectivity index (χ0n) is 28.9. The summed E-state index contributed by atoms with van der Waals surface area (Å²) in [5, 5.41) is 10.5. The molecule has 2 saturated heterocycles. The number of fused-ring (bicyclic) bond motifs is 1. The number of hydrogen-bond donors (Lipinski definition) is 1. The fourth-order valence-corrected chi connectivity index (χ4v) is 8.74. The molecule has 0 atom stereocenters. The van der Waals surface area contributed by atoms with Gasteiger partial charge in [-0.05, 0) is 101 Å². The van der Waals surface area contributed by atoms with E-state index in [4.69, 9.17) is 14.5 Å². The number of thiazole rings is 1. The molecule has 2 fully saturated rings. The summed E-state index contributed by atoms with van der Waals surface area (Å²) in [5.74, 6) is 0.952. The molecule has 254 valence electrons. The number of aromatic nitrogens is 1. The van der Waals surface area contributed by atoms with Gasteiger partial charge in [0.15, 0.2) is 0 Å². The fourth-order valence-electron chi connectivity index (χ4n) is 7.50. The van der Waals surface area contributed by atoms with Crippen LogP contribution in [0, 0.1) is 19.3 Å². The number of nitrogens with zero attached hydrogens (tertiary/aromatic N) is 4. The lowest BCUT2D eigenvalue weighted by molar-refractivity contribution is 0.0109. The Balaban J connectivity index is 1.03. The third-order valence-corrected chi connectivity index (χ3v) is 11.4. The van der Waals surface area contributed by atoms with E-state index in [0.717, 1.165) is 88.8 Å². The number of aliphatic hydroxyl groups is 1. The molecule has 1 aromatic heterocycles. The van der Waals surface area contributed by atoms with Crippen LogP contribution in [0.1, 0.15) is 68.2 Å². The van der Waals surface area contributed by atoms with E-state index >= 15 is 0 Å². The first kappa shape index (κ1) is 33.9. The van der Waals surface area contributed by atoms with Crippen LogP contribution < -0.4 is 4.74 Å². The number of hydrogen-bond acceptors (Lipinski definition) is 8. The average Bonchev–Trinajstić information content (AvgIpc) is 3.64. The maximum atomic E-state index is 12.5. The second-order valence-electron chi connectivity index (χ2n) is 14.7. The molecule has 9 heteroatoms. The van der Waals surface area contributed by atoms with Crippen molar-refractivity contribution in [1.82, 2.24) is 19.7 Å². The molecule has 0 saturated carbocycles. The van der Waals surface area contributed by atoms with Gasteiger partial charge in [0.2, 0.25) is 0 Å². The molecule has 1 spiro atoms. The molecule has 0 aliphatic carbocycles. The van der Waals surface area contributed by atoms with Crippen molar-refractivity contribution in [3.8, 4) is 27.4 Å². The van der Waals surface area contributed by atoms with Gasteiger partial charge >= 0.3 is 6.09 Å². The largest absolute Gasteiger partial charge is 0.493 e. The second-order valence-corrected chi connectivity index (χ2v) is 15.8. The third kappa shape index (κ3) is 7.85. The number of piperidine rings is 1. The molecular formula is C38H52N4O4S. The highest BCUT2D eigenvalue weighted by atomic mass is 32.1. The number of carbonyl (C=O) groups excluding carboxylic acids is 1. The monoisotopic (exact) mass is 660 g/mol. The van der Waals surface area contributed by atoms with Crippen LogP contribution in [0.3, 0.4) is 0 Å². The van der Waals surface area contributed by atoms with Crippen LogP contribution in [0.5, 0.6) is 5.75 Å². The topological polar surface area (TPSA) is 78.4 Å². The molecule has 2 aromatic carbocycles. The van der Waals surface area contributed by atoms with E-state index in [1.54, 1.807) is 11.3 Å². The highest BCUT2D eigenvalue weighted by Gasteiger charge is 2.41. The normalized spacial score (nSPS) is 18.5. The molecule has 1 amide bonds. The van der Waals surface area contributed by atoms with Crippen LogP contribution in [0.4, 0.5) is 4.79 Å². The molecule has 47 heavy (non-hydrogen) atoms. The maximum absolute atomic E-state index is 12.5. The van der Waals surface area contributed by atoms with E-state index in [1.165, 1.54) is 44.8 Å². The van der Waals surface area contributed by atoms with Gasteiger partial charge in [0.05, 0.1) is 18.9 Å². The van der Waals surface area contributed by atoms with Gasteiger partial charge in [0.25, 0.3) is 0 Å². The highest BCUT2D eigenvalue weighted by Crippen LogP contribution is 2.41. The van der Waals surface area contributed by atoms with E-state index in [1.807, 2.05) is 25.7 Å². The van der Waals surface area contributed by atoms with Crippen molar-refractivity contribution < 1.29 is 19.4 Å². The van der Waals surface area contributed by atoms with Gasteiger partial charge in [-0.25, -0.2) is 9.78 Å². The summed E-state index contributed by atoms with van der Waals surface area (Å²) in [7, 11) is 0. The SMILES string of the molecule is Cc1c(OCCCN2CCC3(CCN(C(=O)OC(C)(C)C)CC3)C2)cccc1-c1cccc(-c2nc3c(s2)CN(CCO)CC3)c1C. The number of carbonyl (C=O) groups is 1. The Hall–Kier alpha value is -2.98. The molecule has 1 N–H and O–H groups in total. The average molecular weight is 661 g/mol. The molecule has 4 heterocycles. The van der Waals surface area contributed by atoms with Gasteiger partial charge in [0.1, 0.15) is 16.4 Å². The van der Waals surface area contributed by atoms with Crippen molar-refractivity contribution in [2.75, 3.05) is 59.0 Å². The third-order valence-electron chi connectivity index (χ3n) is 10.2. The van der Waals surface area contributed by atoms with Crippen LogP contribution in [-0.2, 0) is 17.7 Å². The molecular weight excluding hydrogens is 609 g/mol. The van der Waals surface area contributed by atoms with Crippen molar-refractivity contribution in [3.05, 3.63) is 58.1 Å². The second kappa shape index (κ2) is 14.2. The molecule has 6 rings (SSSR count). The predicted octanol–water partition coefficient (Wildman–Crippen LogP) is 6.94. The van der Waals surface area contributed by atoms with E-state index in [0.29, 0.717) is 12.0 Å². The fraction of sp³-hybridized carbons (Fsp3) is 0.579. The number of likely N-dealkylation sites (tertiary alicyclic amines) is 2. The number of rotatable bonds is 9. The lowest BCUT2D eigenvalue weighted by Gasteiger charge is -2.39. The first-order chi connectivity index (χ1) is 22.5. The minimum atomic E-state index is -0.449. The Morgan fingerprint density at radius 3 is 2.38 bits per heavy atom. The van der Waals surface area contributed by atoms with Gasteiger partial charge in [-0.3, -0.25) is 4.90 Å². The Morgan fingerprint density at radius 2 is 1.64 bits per heavy atom. The smallest absolute Gasteiger partial charge is 0.410 e. The van der Waals surface area contributed by atoms with E-state index in [2.05, 4.69) is 60.0 Å². The zero-order valence-corrected chi connectivity index (χ0v) is 29.8. The Morgan fingerprint density at radius 1 is 0.936 bits per heavy atom. The summed E-state index contributed by atoms with van der Waals surface area (Å²) in [6.07, 6.45) is 5.08. The summed E-state index contributed by atoms with van der Waals surface area (Å²) in [5.41, 5.74) is 7.12. The van der Waals surface area contributed by atoms with Crippen molar-refractivity contribution in [2.45, 2.75) is 78.9 Å². The number of ether oxygens (including phenoxy) is 2. The number of benzene rings is 2. The van der Waals surface area contributed by atoms with Crippen LogP contribution in [-0.4, -0.2) is 95.5 Å². The number of β-amino-alcohol motifs (C(OH)–C–C–N with tert-alkyl or cyclic N) is 1. The lowest BCUT2D eigenvalue weighted by atomic mass is 9.78. The minimum Gasteiger partial charge on any atom is -0.493 e. The number of aliphatic hydroxyl groups excluding tert-OH is 1. The van der Waals surface area contributed by atoms with Crippen LogP contribution >= 0.6 is 11.3 Å². The number of amides is 1. The van der Waals surface area contributed by atoms with Crippen LogP contribution in [0.25, 0.3) is 21.7 Å². The first-order valence-corrected chi connectivity index (χ1v) is 18.2. The summed E-state index contributed by atoms with van der Waals surface area (Å²) in [6.45, 7) is 18.5.